The van der Waals surface area contributed by atoms with Crippen molar-refractivity contribution in [2.75, 3.05) is 0 Å². The molecule has 106 valence electrons. The number of fused-ring (bicyclic) bond motifs is 1. The third-order valence-electron chi connectivity index (χ3n) is 3.95. The zero-order chi connectivity index (χ0) is 15.1. The Labute approximate surface area is 132 Å². The van der Waals surface area contributed by atoms with E-state index in [1.807, 2.05) is 18.2 Å². The van der Waals surface area contributed by atoms with Crippen LogP contribution < -0.4 is 5.73 Å². The third-order valence-corrected chi connectivity index (χ3v) is 4.80. The van der Waals surface area contributed by atoms with Crippen LogP contribution in [0.1, 0.15) is 23.6 Å². The lowest BCUT2D eigenvalue weighted by atomic mass is 9.85. The molecule has 3 rings (SSSR count). The highest BCUT2D eigenvalue weighted by Gasteiger charge is 2.25. The molecule has 0 saturated heterocycles. The highest BCUT2D eigenvalue weighted by atomic mass is 79.9. The molecule has 2 N–H and O–H groups in total. The molecule has 0 saturated carbocycles. The predicted octanol–water partition coefficient (Wildman–Crippen LogP) is 3.77. The fourth-order valence-electron chi connectivity index (χ4n) is 2.97. The van der Waals surface area contributed by atoms with Gasteiger partial charge in [0.1, 0.15) is 0 Å². The summed E-state index contributed by atoms with van der Waals surface area (Å²) in [4.78, 5) is 11.8. The Hall–Kier alpha value is -1.87. The first-order chi connectivity index (χ1) is 9.99. The summed E-state index contributed by atoms with van der Waals surface area (Å²) in [6.45, 7) is 6.27. The second-order valence-corrected chi connectivity index (χ2v) is 6.47. The van der Waals surface area contributed by atoms with Crippen molar-refractivity contribution in [3.8, 4) is 0 Å². The van der Waals surface area contributed by atoms with E-state index < -0.39 is 5.91 Å². The average molecular weight is 342 g/mol. The minimum atomic E-state index is -0.418. The van der Waals surface area contributed by atoms with E-state index in [1.54, 1.807) is 6.08 Å². The van der Waals surface area contributed by atoms with Gasteiger partial charge in [-0.2, -0.15) is 0 Å². The molecular formula is C18H16BrNO. The average Bonchev–Trinajstić information content (AvgIpc) is 2.81. The number of hydrogen-bond acceptors (Lipinski definition) is 1. The zero-order valence-corrected chi connectivity index (χ0v) is 13.4. The highest BCUT2D eigenvalue weighted by Crippen LogP contribution is 2.40. The predicted molar refractivity (Wildman–Crippen MR) is 90.9 cm³/mol. The van der Waals surface area contributed by atoms with Crippen LogP contribution in [-0.2, 0) is 11.2 Å². The van der Waals surface area contributed by atoms with Crippen LogP contribution in [0, 0.1) is 0 Å². The fourth-order valence-corrected chi connectivity index (χ4v) is 3.35. The van der Waals surface area contributed by atoms with Crippen molar-refractivity contribution in [3.05, 3.63) is 70.3 Å². The normalized spacial score (nSPS) is 20.6. The lowest BCUT2D eigenvalue weighted by Crippen LogP contribution is -2.19. The number of primary amides is 1. The van der Waals surface area contributed by atoms with Gasteiger partial charge >= 0.3 is 0 Å². The van der Waals surface area contributed by atoms with Crippen LogP contribution in [-0.4, -0.2) is 10.7 Å². The van der Waals surface area contributed by atoms with E-state index in [9.17, 15) is 4.79 Å². The molecule has 21 heavy (non-hydrogen) atoms. The number of halogens is 1. The van der Waals surface area contributed by atoms with Gasteiger partial charge in [-0.15, -0.1) is 0 Å². The molecule has 0 bridgehead atoms. The van der Waals surface area contributed by atoms with Gasteiger partial charge in [-0.1, -0.05) is 64.5 Å². The van der Waals surface area contributed by atoms with Crippen LogP contribution in [0.15, 0.2) is 53.6 Å². The number of alkyl halides is 1. The quantitative estimate of drug-likeness (QED) is 0.817. The number of amides is 1. The van der Waals surface area contributed by atoms with Crippen molar-refractivity contribution in [3.63, 3.8) is 0 Å². The van der Waals surface area contributed by atoms with Crippen molar-refractivity contribution in [1.29, 1.82) is 0 Å². The van der Waals surface area contributed by atoms with E-state index in [0.29, 0.717) is 5.57 Å². The molecule has 1 aromatic carbocycles. The summed E-state index contributed by atoms with van der Waals surface area (Å²) in [6.07, 6.45) is 6.83. The molecule has 3 heteroatoms. The summed E-state index contributed by atoms with van der Waals surface area (Å²) < 4.78 is 0. The Bertz CT molecular complexity index is 752. The highest BCUT2D eigenvalue weighted by molar-refractivity contribution is 9.09. The number of allylic oxidation sites excluding steroid dienone is 4. The summed E-state index contributed by atoms with van der Waals surface area (Å²) in [6, 6.07) is 6.20. The van der Waals surface area contributed by atoms with Crippen LogP contribution in [0.4, 0.5) is 0 Å². The number of benzene rings is 1. The van der Waals surface area contributed by atoms with Crippen LogP contribution in [0.2, 0.25) is 0 Å². The van der Waals surface area contributed by atoms with Crippen LogP contribution >= 0.6 is 15.9 Å². The van der Waals surface area contributed by atoms with Crippen molar-refractivity contribution in [2.24, 2.45) is 5.73 Å². The zero-order valence-electron chi connectivity index (χ0n) is 11.8. The molecule has 2 aliphatic rings. The molecule has 2 aliphatic carbocycles. The van der Waals surface area contributed by atoms with E-state index in [0.717, 1.165) is 23.1 Å². The SMILES string of the molecule is C=C1C(c2cccc3c2C=C(C)C3)=C(C(N)=O)C=CC1Br. The standard InChI is InChI=1S/C18H16BrNO/c1-10-8-12-4-3-5-13(15(12)9-10)17-11(2)16(19)7-6-14(17)18(20)21/h3-7,9,16H,2,8H2,1H3,(H2,20,21). The van der Waals surface area contributed by atoms with Gasteiger partial charge in [-0.05, 0) is 41.2 Å². The topological polar surface area (TPSA) is 43.1 Å². The first-order valence-corrected chi connectivity index (χ1v) is 7.75. The molecule has 0 radical (unpaired) electrons. The monoisotopic (exact) mass is 341 g/mol. The van der Waals surface area contributed by atoms with Crippen LogP contribution in [0.5, 0.6) is 0 Å². The Morgan fingerprint density at radius 3 is 2.90 bits per heavy atom. The van der Waals surface area contributed by atoms with Gasteiger partial charge in [0, 0.05) is 5.57 Å². The summed E-state index contributed by atoms with van der Waals surface area (Å²) in [5.74, 6) is -0.418. The smallest absolute Gasteiger partial charge is 0.249 e. The number of rotatable bonds is 2. The summed E-state index contributed by atoms with van der Waals surface area (Å²) >= 11 is 3.57. The molecular weight excluding hydrogens is 326 g/mol. The molecule has 1 amide bonds. The van der Waals surface area contributed by atoms with Crippen molar-refractivity contribution >= 4 is 33.5 Å². The molecule has 0 heterocycles. The fraction of sp³-hybridized carbons (Fsp3) is 0.167. The van der Waals surface area contributed by atoms with Gasteiger partial charge in [-0.3, -0.25) is 4.79 Å². The van der Waals surface area contributed by atoms with Crippen LogP contribution in [0.3, 0.4) is 0 Å². The maximum Gasteiger partial charge on any atom is 0.249 e. The minimum absolute atomic E-state index is 0.0259. The van der Waals surface area contributed by atoms with Gasteiger partial charge < -0.3 is 5.73 Å². The van der Waals surface area contributed by atoms with Crippen molar-refractivity contribution in [2.45, 2.75) is 18.2 Å². The molecule has 1 aromatic rings. The maximum atomic E-state index is 11.8. The minimum Gasteiger partial charge on any atom is -0.366 e. The number of nitrogens with two attached hydrogens (primary N) is 1. The lowest BCUT2D eigenvalue weighted by Gasteiger charge is -2.22. The molecule has 2 nitrogen and oxygen atoms in total. The molecule has 0 aliphatic heterocycles. The van der Waals surface area contributed by atoms with Gasteiger partial charge in [0.05, 0.1) is 4.83 Å². The van der Waals surface area contributed by atoms with Gasteiger partial charge in [0.15, 0.2) is 0 Å². The Morgan fingerprint density at radius 2 is 2.19 bits per heavy atom. The van der Waals surface area contributed by atoms with E-state index >= 15 is 0 Å². The number of carbonyl (C=O) groups is 1. The van der Waals surface area contributed by atoms with E-state index in [4.69, 9.17) is 5.73 Å². The maximum absolute atomic E-state index is 11.8. The molecule has 1 unspecified atom stereocenters. The largest absolute Gasteiger partial charge is 0.366 e. The van der Waals surface area contributed by atoms with E-state index in [-0.39, 0.29) is 4.83 Å². The Kier molecular flexibility index (Phi) is 3.46. The molecule has 0 spiro atoms. The second kappa shape index (κ2) is 5.15. The number of carbonyl (C=O) groups excluding carboxylic acids is 1. The lowest BCUT2D eigenvalue weighted by molar-refractivity contribution is -0.114. The van der Waals surface area contributed by atoms with Gasteiger partial charge in [0.25, 0.3) is 0 Å². The van der Waals surface area contributed by atoms with Crippen molar-refractivity contribution < 1.29 is 4.79 Å². The summed E-state index contributed by atoms with van der Waals surface area (Å²) in [5.41, 5.74) is 12.6. The summed E-state index contributed by atoms with van der Waals surface area (Å²) in [5, 5.41) is 0. The third kappa shape index (κ3) is 2.32. The van der Waals surface area contributed by atoms with Crippen molar-refractivity contribution in [1.82, 2.24) is 0 Å². The molecule has 0 aromatic heterocycles. The molecule has 1 atom stereocenters. The van der Waals surface area contributed by atoms with Gasteiger partial charge in [0.2, 0.25) is 5.91 Å². The summed E-state index contributed by atoms with van der Waals surface area (Å²) in [7, 11) is 0. The Morgan fingerprint density at radius 1 is 1.43 bits per heavy atom. The first-order valence-electron chi connectivity index (χ1n) is 6.84. The second-order valence-electron chi connectivity index (χ2n) is 5.48. The van der Waals surface area contributed by atoms with E-state index in [1.165, 1.54) is 16.7 Å². The van der Waals surface area contributed by atoms with Crippen LogP contribution in [0.25, 0.3) is 11.6 Å². The first kappa shape index (κ1) is 14.1. The molecule has 0 fully saturated rings. The Balaban J connectivity index is 2.28. The van der Waals surface area contributed by atoms with E-state index in [2.05, 4.69) is 41.6 Å². The van der Waals surface area contributed by atoms with Gasteiger partial charge in [-0.25, -0.2) is 0 Å². The number of hydrogen-bond donors (Lipinski definition) is 1.